The zero-order chi connectivity index (χ0) is 15.9. The molecule has 1 atom stereocenters. The fourth-order valence-corrected chi connectivity index (χ4v) is 2.74. The summed E-state index contributed by atoms with van der Waals surface area (Å²) in [6, 6.07) is 5.82. The first-order valence-electron chi connectivity index (χ1n) is 7.49. The van der Waals surface area contributed by atoms with Gasteiger partial charge in [0.05, 0.1) is 13.0 Å². The molecule has 1 heterocycles. The molecular formula is C17H23NO4. The number of benzene rings is 1. The first-order valence-corrected chi connectivity index (χ1v) is 7.49. The third-order valence-electron chi connectivity index (χ3n) is 3.85. The Bertz CT molecular complexity index is 529. The minimum atomic E-state index is -0.699. The highest BCUT2D eigenvalue weighted by Crippen LogP contribution is 2.29. The summed E-state index contributed by atoms with van der Waals surface area (Å²) in [6.45, 7) is 6.32. The fraction of sp³-hybridized carbons (Fsp3) is 0.471. The van der Waals surface area contributed by atoms with Gasteiger partial charge in [-0.3, -0.25) is 9.69 Å². The van der Waals surface area contributed by atoms with E-state index in [1.54, 1.807) is 13.2 Å². The van der Waals surface area contributed by atoms with Crippen LogP contribution in [-0.2, 0) is 11.3 Å². The molecule has 0 spiro atoms. The topological polar surface area (TPSA) is 59.0 Å². The summed E-state index contributed by atoms with van der Waals surface area (Å²) < 4.78 is 10.9. The number of carboxylic acids is 1. The second kappa shape index (κ2) is 7.84. The smallest absolute Gasteiger partial charge is 0.307 e. The van der Waals surface area contributed by atoms with E-state index in [0.29, 0.717) is 24.7 Å². The van der Waals surface area contributed by atoms with Crippen LogP contribution in [0.5, 0.6) is 11.5 Å². The Kier molecular flexibility index (Phi) is 5.83. The van der Waals surface area contributed by atoms with Gasteiger partial charge in [0.2, 0.25) is 0 Å². The zero-order valence-electron chi connectivity index (χ0n) is 13.0. The number of rotatable bonds is 7. The van der Waals surface area contributed by atoms with Crippen LogP contribution in [0.4, 0.5) is 0 Å². The summed E-state index contributed by atoms with van der Waals surface area (Å²) in [5.41, 5.74) is 1.09. The molecule has 0 saturated carbocycles. The molecule has 0 amide bonds. The van der Waals surface area contributed by atoms with Crippen molar-refractivity contribution in [2.75, 3.05) is 26.8 Å². The first kappa shape index (κ1) is 16.4. The SMILES string of the molecule is C=CCOc1ccc(CN2CCCC(C(=O)O)C2)cc1OC. The second-order valence-corrected chi connectivity index (χ2v) is 5.50. The number of likely N-dealkylation sites (tertiary alicyclic amines) is 1. The number of piperidine rings is 1. The van der Waals surface area contributed by atoms with E-state index < -0.39 is 5.97 Å². The maximum absolute atomic E-state index is 11.1. The lowest BCUT2D eigenvalue weighted by molar-refractivity contribution is -0.143. The molecule has 5 heteroatoms. The molecule has 120 valence electrons. The van der Waals surface area contributed by atoms with Crippen molar-refractivity contribution >= 4 is 5.97 Å². The van der Waals surface area contributed by atoms with Gasteiger partial charge in [0.15, 0.2) is 11.5 Å². The van der Waals surface area contributed by atoms with Gasteiger partial charge in [-0.05, 0) is 37.1 Å². The van der Waals surface area contributed by atoms with Crippen molar-refractivity contribution in [1.29, 1.82) is 0 Å². The van der Waals surface area contributed by atoms with Gasteiger partial charge in [-0.25, -0.2) is 0 Å². The van der Waals surface area contributed by atoms with Crippen LogP contribution in [0, 0.1) is 5.92 Å². The summed E-state index contributed by atoms with van der Waals surface area (Å²) >= 11 is 0. The molecule has 0 aromatic heterocycles. The van der Waals surface area contributed by atoms with Crippen molar-refractivity contribution in [3.63, 3.8) is 0 Å². The van der Waals surface area contributed by atoms with Crippen molar-refractivity contribution in [3.8, 4) is 11.5 Å². The molecule has 1 aliphatic heterocycles. The molecule has 1 aliphatic rings. The van der Waals surface area contributed by atoms with Crippen LogP contribution < -0.4 is 9.47 Å². The summed E-state index contributed by atoms with van der Waals surface area (Å²) in [4.78, 5) is 13.3. The van der Waals surface area contributed by atoms with Crippen molar-refractivity contribution in [2.45, 2.75) is 19.4 Å². The standard InChI is InChI=1S/C17H23NO4/c1-3-9-22-15-7-6-13(10-16(15)21-2)11-18-8-4-5-14(12-18)17(19)20/h3,6-7,10,14H,1,4-5,8-9,11-12H2,2H3,(H,19,20). The van der Waals surface area contributed by atoms with Gasteiger partial charge < -0.3 is 14.6 Å². The average Bonchev–Trinajstić information content (AvgIpc) is 2.53. The Balaban J connectivity index is 2.03. The normalized spacial score (nSPS) is 18.7. The van der Waals surface area contributed by atoms with E-state index in [0.717, 1.165) is 31.5 Å². The molecule has 0 aliphatic carbocycles. The van der Waals surface area contributed by atoms with E-state index in [4.69, 9.17) is 14.6 Å². The Morgan fingerprint density at radius 3 is 3.00 bits per heavy atom. The molecule has 1 saturated heterocycles. The van der Waals surface area contributed by atoms with E-state index in [1.807, 2.05) is 18.2 Å². The van der Waals surface area contributed by atoms with Gasteiger partial charge in [0.1, 0.15) is 6.61 Å². The van der Waals surface area contributed by atoms with Crippen molar-refractivity contribution in [1.82, 2.24) is 4.90 Å². The van der Waals surface area contributed by atoms with Crippen LogP contribution >= 0.6 is 0 Å². The Morgan fingerprint density at radius 1 is 1.50 bits per heavy atom. The predicted octanol–water partition coefficient (Wildman–Crippen LogP) is 2.56. The molecule has 5 nitrogen and oxygen atoms in total. The molecule has 0 radical (unpaired) electrons. The van der Waals surface area contributed by atoms with E-state index in [9.17, 15) is 4.79 Å². The average molecular weight is 305 g/mol. The molecule has 1 N–H and O–H groups in total. The highest BCUT2D eigenvalue weighted by atomic mass is 16.5. The highest BCUT2D eigenvalue weighted by Gasteiger charge is 2.25. The predicted molar refractivity (Wildman–Crippen MR) is 84.3 cm³/mol. The maximum Gasteiger partial charge on any atom is 0.307 e. The lowest BCUT2D eigenvalue weighted by atomic mass is 9.98. The molecule has 2 rings (SSSR count). The molecular weight excluding hydrogens is 282 g/mol. The van der Waals surface area contributed by atoms with E-state index >= 15 is 0 Å². The number of hydrogen-bond donors (Lipinski definition) is 1. The number of hydrogen-bond acceptors (Lipinski definition) is 4. The van der Waals surface area contributed by atoms with E-state index in [2.05, 4.69) is 11.5 Å². The molecule has 0 bridgehead atoms. The minimum absolute atomic E-state index is 0.258. The van der Waals surface area contributed by atoms with Crippen molar-refractivity contribution < 1.29 is 19.4 Å². The molecule has 1 fully saturated rings. The summed E-state index contributed by atoms with van der Waals surface area (Å²) in [6.07, 6.45) is 3.38. The summed E-state index contributed by atoms with van der Waals surface area (Å²) in [7, 11) is 1.61. The minimum Gasteiger partial charge on any atom is -0.493 e. The van der Waals surface area contributed by atoms with Crippen LogP contribution in [0.1, 0.15) is 18.4 Å². The van der Waals surface area contributed by atoms with Gasteiger partial charge in [-0.15, -0.1) is 0 Å². The quantitative estimate of drug-likeness (QED) is 0.785. The molecule has 1 aromatic carbocycles. The second-order valence-electron chi connectivity index (χ2n) is 5.50. The van der Waals surface area contributed by atoms with Gasteiger partial charge in [-0.1, -0.05) is 18.7 Å². The number of ether oxygens (including phenoxy) is 2. The third-order valence-corrected chi connectivity index (χ3v) is 3.85. The van der Waals surface area contributed by atoms with Crippen LogP contribution in [0.15, 0.2) is 30.9 Å². The lowest BCUT2D eigenvalue weighted by Crippen LogP contribution is -2.38. The number of carboxylic acid groups (broad SMARTS) is 1. The van der Waals surface area contributed by atoms with Crippen LogP contribution in [0.25, 0.3) is 0 Å². The maximum atomic E-state index is 11.1. The van der Waals surface area contributed by atoms with E-state index in [1.165, 1.54) is 0 Å². The fourth-order valence-electron chi connectivity index (χ4n) is 2.74. The number of nitrogens with zero attached hydrogens (tertiary/aromatic N) is 1. The van der Waals surface area contributed by atoms with Gasteiger partial charge >= 0.3 is 5.97 Å². The third kappa shape index (κ3) is 4.24. The largest absolute Gasteiger partial charge is 0.493 e. The highest BCUT2D eigenvalue weighted by molar-refractivity contribution is 5.70. The molecule has 22 heavy (non-hydrogen) atoms. The monoisotopic (exact) mass is 305 g/mol. The lowest BCUT2D eigenvalue weighted by Gasteiger charge is -2.30. The molecule has 1 unspecified atom stereocenters. The first-order chi connectivity index (χ1) is 10.6. The summed E-state index contributed by atoms with van der Waals surface area (Å²) in [5.74, 6) is 0.417. The Labute approximate surface area is 131 Å². The summed E-state index contributed by atoms with van der Waals surface area (Å²) in [5, 5.41) is 9.15. The van der Waals surface area contributed by atoms with Crippen LogP contribution in [0.3, 0.4) is 0 Å². The number of carbonyl (C=O) groups is 1. The Morgan fingerprint density at radius 2 is 2.32 bits per heavy atom. The van der Waals surface area contributed by atoms with Crippen molar-refractivity contribution in [2.24, 2.45) is 5.92 Å². The number of aliphatic carboxylic acids is 1. The van der Waals surface area contributed by atoms with Crippen LogP contribution in [-0.4, -0.2) is 42.8 Å². The van der Waals surface area contributed by atoms with Gasteiger partial charge in [0.25, 0.3) is 0 Å². The Hall–Kier alpha value is -2.01. The van der Waals surface area contributed by atoms with Gasteiger partial charge in [0, 0.05) is 13.1 Å². The molecule has 1 aromatic rings. The van der Waals surface area contributed by atoms with E-state index in [-0.39, 0.29) is 5.92 Å². The van der Waals surface area contributed by atoms with Gasteiger partial charge in [-0.2, -0.15) is 0 Å². The van der Waals surface area contributed by atoms with Crippen molar-refractivity contribution in [3.05, 3.63) is 36.4 Å². The zero-order valence-corrected chi connectivity index (χ0v) is 13.0. The van der Waals surface area contributed by atoms with Crippen LogP contribution in [0.2, 0.25) is 0 Å². The number of methoxy groups -OCH3 is 1.